The topological polar surface area (TPSA) is 25.8 Å². The van der Waals surface area contributed by atoms with Gasteiger partial charge in [-0.15, -0.1) is 70.8 Å². The van der Waals surface area contributed by atoms with Crippen molar-refractivity contribution in [2.45, 2.75) is 65.4 Å². The number of nitrogens with zero attached hydrogens (tertiary/aromatic N) is 2. The predicted octanol–water partition coefficient (Wildman–Crippen LogP) is 10.4. The van der Waals surface area contributed by atoms with Crippen LogP contribution >= 0.6 is 0 Å². The number of aryl methyl sites for hydroxylation is 1. The van der Waals surface area contributed by atoms with Crippen LogP contribution in [-0.4, -0.2) is 18.0 Å². The van der Waals surface area contributed by atoms with E-state index in [1.165, 1.54) is 11.6 Å². The van der Waals surface area contributed by atoms with Crippen LogP contribution in [0.2, 0.25) is 19.6 Å². The van der Waals surface area contributed by atoms with E-state index < -0.39 is 27.7 Å². The van der Waals surface area contributed by atoms with Gasteiger partial charge < -0.3 is 9.97 Å². The molecule has 0 aliphatic rings. The van der Waals surface area contributed by atoms with Crippen LogP contribution in [0.4, 0.5) is 0 Å². The van der Waals surface area contributed by atoms with E-state index in [0.29, 0.717) is 33.5 Å². The molecule has 4 heteroatoms. The van der Waals surface area contributed by atoms with Gasteiger partial charge in [0.25, 0.3) is 0 Å². The Labute approximate surface area is 313 Å². The molecule has 6 rings (SSSR count). The van der Waals surface area contributed by atoms with E-state index >= 15 is 0 Å². The average molecular weight is 830 g/mol. The van der Waals surface area contributed by atoms with Crippen molar-refractivity contribution in [3.05, 3.63) is 173 Å². The van der Waals surface area contributed by atoms with Gasteiger partial charge in [-0.25, -0.2) is 0 Å². The summed E-state index contributed by atoms with van der Waals surface area (Å²) in [6.07, 6.45) is 0.208. The number of hydrogen-bond donors (Lipinski definition) is 0. The Balaban J connectivity index is 0.000000243. The molecule has 0 saturated carbocycles. The van der Waals surface area contributed by atoms with E-state index in [-0.39, 0.29) is 31.1 Å². The van der Waals surface area contributed by atoms with Crippen molar-refractivity contribution in [3.63, 3.8) is 0 Å². The van der Waals surface area contributed by atoms with Crippen molar-refractivity contribution in [2.24, 2.45) is 0 Å². The molecule has 2 aromatic heterocycles. The largest absolute Gasteiger partial charge is 0.305 e. The molecule has 0 aliphatic heterocycles. The number of pyridine rings is 2. The molecule has 247 valence electrons. The van der Waals surface area contributed by atoms with Crippen LogP contribution in [0.5, 0.6) is 0 Å². The summed E-state index contributed by atoms with van der Waals surface area (Å²) in [6, 6.07) is 40.7. The molecule has 0 bridgehead atoms. The summed E-state index contributed by atoms with van der Waals surface area (Å²) in [5.74, 6) is 0. The Bertz CT molecular complexity index is 2180. The quantitative estimate of drug-likeness (QED) is 0.118. The van der Waals surface area contributed by atoms with Crippen LogP contribution < -0.4 is 5.19 Å². The molecule has 6 aromatic rings. The second-order valence-corrected chi connectivity index (χ2v) is 18.5. The zero-order valence-electron chi connectivity index (χ0n) is 35.4. The van der Waals surface area contributed by atoms with Crippen LogP contribution in [0, 0.1) is 19.0 Å². The van der Waals surface area contributed by atoms with Gasteiger partial charge in [-0.3, -0.25) is 0 Å². The Kier molecular flexibility index (Phi) is 9.57. The van der Waals surface area contributed by atoms with E-state index in [9.17, 15) is 0 Å². The van der Waals surface area contributed by atoms with Crippen molar-refractivity contribution in [1.82, 2.24) is 9.97 Å². The third kappa shape index (κ3) is 10.3. The maximum Gasteiger partial charge on any atom is 0.0799 e. The standard InChI is InChI=1S/C22H24NSi.C22H22N.Ir/c1-17-10-12-19(13-11-17)21-15-20(14-18-8-6-5-7-9-18)22(16-23-21)24(2,3)4;1-22(2,3)20-11-7-10-19(16-20)21-15-18(12-13-23-21)14-17-8-5-4-6-9-17;/h5-12,15-16H,14H2,1-4H3;4-9,11-13,15-16H,14H2,1-3H3;/q2*-1;/i1D3,14D2;14D2;. The van der Waals surface area contributed by atoms with Gasteiger partial charge in [-0.2, -0.15) is 0 Å². The summed E-state index contributed by atoms with van der Waals surface area (Å²) in [5.41, 5.74) is 6.77. The second-order valence-electron chi connectivity index (χ2n) is 13.5. The van der Waals surface area contributed by atoms with Gasteiger partial charge in [0.1, 0.15) is 0 Å². The van der Waals surface area contributed by atoms with Gasteiger partial charge in [0.15, 0.2) is 0 Å². The molecule has 0 atom stereocenters. The molecule has 0 saturated heterocycles. The zero-order chi connectivity index (χ0) is 39.5. The smallest absolute Gasteiger partial charge is 0.0799 e. The van der Waals surface area contributed by atoms with E-state index in [0.717, 1.165) is 16.4 Å². The molecule has 0 N–H and O–H groups in total. The maximum absolute atomic E-state index is 8.88. The zero-order valence-corrected chi connectivity index (χ0v) is 31.7. The maximum atomic E-state index is 8.88. The Morgan fingerprint density at radius 2 is 1.38 bits per heavy atom. The number of benzene rings is 4. The van der Waals surface area contributed by atoms with Crippen molar-refractivity contribution in [1.29, 1.82) is 0 Å². The van der Waals surface area contributed by atoms with E-state index in [1.54, 1.807) is 48.8 Å². The van der Waals surface area contributed by atoms with E-state index in [4.69, 9.17) is 9.60 Å². The fourth-order valence-corrected chi connectivity index (χ4v) is 6.38. The van der Waals surface area contributed by atoms with Crippen LogP contribution in [0.15, 0.2) is 128 Å². The molecular formula is C44H46IrN2Si-2. The second kappa shape index (κ2) is 16.4. The number of hydrogen-bond acceptors (Lipinski definition) is 2. The molecule has 2 heterocycles. The molecule has 0 spiro atoms. The summed E-state index contributed by atoms with van der Waals surface area (Å²) in [4.78, 5) is 9.01. The van der Waals surface area contributed by atoms with Crippen LogP contribution in [0.1, 0.15) is 63.7 Å². The van der Waals surface area contributed by atoms with Gasteiger partial charge in [-0.1, -0.05) is 126 Å². The fraction of sp³-hybridized carbons (Fsp3) is 0.227. The molecule has 2 nitrogen and oxygen atoms in total. The monoisotopic (exact) mass is 830 g/mol. The Morgan fingerprint density at radius 3 is 1.98 bits per heavy atom. The minimum Gasteiger partial charge on any atom is -0.305 e. The van der Waals surface area contributed by atoms with Crippen molar-refractivity contribution < 1.29 is 29.7 Å². The first kappa shape index (κ1) is 27.9. The van der Waals surface area contributed by atoms with Crippen molar-refractivity contribution in [2.75, 3.05) is 0 Å². The van der Waals surface area contributed by atoms with Gasteiger partial charge in [-0.05, 0) is 57.5 Å². The first-order chi connectivity index (χ1) is 25.2. The Hall–Kier alpha value is -3.95. The first-order valence-electron chi connectivity index (χ1n) is 19.3. The number of rotatable bonds is 7. The summed E-state index contributed by atoms with van der Waals surface area (Å²) in [5, 5.41) is 0.967. The van der Waals surface area contributed by atoms with Gasteiger partial charge in [0.2, 0.25) is 0 Å². The molecule has 4 aromatic carbocycles. The minimum absolute atomic E-state index is 0. The van der Waals surface area contributed by atoms with Gasteiger partial charge in [0.05, 0.1) is 8.07 Å². The van der Waals surface area contributed by atoms with Crippen LogP contribution in [0.3, 0.4) is 0 Å². The molecule has 0 aliphatic carbocycles. The minimum atomic E-state index is -2.18. The van der Waals surface area contributed by atoms with Crippen LogP contribution in [0.25, 0.3) is 22.5 Å². The molecular weight excluding hydrogens is 777 g/mol. The van der Waals surface area contributed by atoms with Gasteiger partial charge in [0, 0.05) is 42.1 Å². The summed E-state index contributed by atoms with van der Waals surface area (Å²) >= 11 is 0. The Morgan fingerprint density at radius 1 is 0.708 bits per heavy atom. The van der Waals surface area contributed by atoms with E-state index in [2.05, 4.69) is 74.6 Å². The van der Waals surface area contributed by atoms with Crippen molar-refractivity contribution in [3.8, 4) is 22.5 Å². The van der Waals surface area contributed by atoms with Crippen LogP contribution in [-0.2, 0) is 38.3 Å². The first-order valence-corrected chi connectivity index (χ1v) is 19.3. The third-order valence-corrected chi connectivity index (χ3v) is 9.63. The third-order valence-electron chi connectivity index (χ3n) is 7.62. The van der Waals surface area contributed by atoms with Gasteiger partial charge >= 0.3 is 0 Å². The summed E-state index contributed by atoms with van der Waals surface area (Å²) in [6.45, 7) is 10.8. The normalized spacial score (nSPS) is 14.2. The molecule has 48 heavy (non-hydrogen) atoms. The van der Waals surface area contributed by atoms with E-state index in [1.807, 2.05) is 60.7 Å². The molecule has 1 radical (unpaired) electrons. The average Bonchev–Trinajstić information content (AvgIpc) is 3.14. The molecule has 0 fully saturated rings. The van der Waals surface area contributed by atoms with Crippen molar-refractivity contribution >= 4 is 13.3 Å². The molecule has 0 unspecified atom stereocenters. The number of aromatic nitrogens is 2. The predicted molar refractivity (Wildman–Crippen MR) is 202 cm³/mol. The fourth-order valence-electron chi connectivity index (χ4n) is 4.99. The summed E-state index contributed by atoms with van der Waals surface area (Å²) in [7, 11) is -1.87. The summed E-state index contributed by atoms with van der Waals surface area (Å²) < 4.78 is 57.4. The molecule has 0 amide bonds. The SMILES string of the molecule is [2H]C([2H])([2H])c1c[c-]c(-c2cc(C([2H])([2H])c3ccccc3)c([Si](C)(C)C)cn2)cc1.[2H]C([2H])(c1ccccc1)c1ccnc(-c2[c-]ccc(C(C)(C)C)c2)c1.[Ir].